The molecule has 0 atom stereocenters. The number of methoxy groups -OCH3 is 1. The van der Waals surface area contributed by atoms with Crippen LogP contribution in [0.15, 0.2) is 36.4 Å². The van der Waals surface area contributed by atoms with Gasteiger partial charge in [0.25, 0.3) is 0 Å². The van der Waals surface area contributed by atoms with Crippen molar-refractivity contribution in [2.45, 2.75) is 6.92 Å². The third-order valence-corrected chi connectivity index (χ3v) is 2.95. The molecular formula is C15H13ClO3. The van der Waals surface area contributed by atoms with Gasteiger partial charge >= 0.3 is 0 Å². The van der Waals surface area contributed by atoms with Crippen molar-refractivity contribution in [2.24, 2.45) is 0 Å². The maximum absolute atomic E-state index is 11.0. The van der Waals surface area contributed by atoms with E-state index in [-0.39, 0.29) is 0 Å². The standard InChI is InChI=1S/C15H13ClO3/c1-10-3-4-11(9-17)15(7-10)19-14-6-5-12(18-2)8-13(14)16/h3-9H,1-2H3. The molecule has 2 rings (SSSR count). The average molecular weight is 277 g/mol. The topological polar surface area (TPSA) is 35.5 Å². The lowest BCUT2D eigenvalue weighted by atomic mass is 10.1. The van der Waals surface area contributed by atoms with Crippen LogP contribution in [0.4, 0.5) is 0 Å². The number of carbonyl (C=O) groups excluding carboxylic acids is 1. The molecule has 98 valence electrons. The molecule has 0 heterocycles. The molecule has 0 saturated heterocycles. The molecule has 0 bridgehead atoms. The lowest BCUT2D eigenvalue weighted by molar-refractivity contribution is 0.112. The maximum Gasteiger partial charge on any atom is 0.153 e. The average Bonchev–Trinajstić information content (AvgIpc) is 2.41. The van der Waals surface area contributed by atoms with Crippen LogP contribution in [0.1, 0.15) is 15.9 Å². The van der Waals surface area contributed by atoms with Gasteiger partial charge in [0, 0.05) is 6.07 Å². The SMILES string of the molecule is COc1ccc(Oc2cc(C)ccc2C=O)c(Cl)c1. The summed E-state index contributed by atoms with van der Waals surface area (Å²) >= 11 is 6.10. The molecule has 0 amide bonds. The first-order valence-electron chi connectivity index (χ1n) is 5.71. The monoisotopic (exact) mass is 276 g/mol. The van der Waals surface area contributed by atoms with E-state index >= 15 is 0 Å². The van der Waals surface area contributed by atoms with E-state index < -0.39 is 0 Å². The smallest absolute Gasteiger partial charge is 0.153 e. The van der Waals surface area contributed by atoms with Crippen molar-refractivity contribution in [1.82, 2.24) is 0 Å². The number of halogens is 1. The highest BCUT2D eigenvalue weighted by Crippen LogP contribution is 2.33. The number of rotatable bonds is 4. The second-order valence-electron chi connectivity index (χ2n) is 4.06. The molecule has 0 aliphatic heterocycles. The van der Waals surface area contributed by atoms with Gasteiger partial charge in [0.15, 0.2) is 6.29 Å². The van der Waals surface area contributed by atoms with Crippen molar-refractivity contribution >= 4 is 17.9 Å². The number of ether oxygens (including phenoxy) is 2. The lowest BCUT2D eigenvalue weighted by Gasteiger charge is -2.11. The zero-order chi connectivity index (χ0) is 13.8. The second-order valence-corrected chi connectivity index (χ2v) is 4.46. The fourth-order valence-electron chi connectivity index (χ4n) is 1.64. The highest BCUT2D eigenvalue weighted by Gasteiger charge is 2.08. The lowest BCUT2D eigenvalue weighted by Crippen LogP contribution is -1.92. The minimum Gasteiger partial charge on any atom is -0.497 e. The zero-order valence-corrected chi connectivity index (χ0v) is 11.4. The number of hydrogen-bond donors (Lipinski definition) is 0. The van der Waals surface area contributed by atoms with E-state index in [1.54, 1.807) is 37.4 Å². The van der Waals surface area contributed by atoms with Gasteiger partial charge in [0.05, 0.1) is 17.7 Å². The van der Waals surface area contributed by atoms with Crippen LogP contribution in [-0.2, 0) is 0 Å². The highest BCUT2D eigenvalue weighted by atomic mass is 35.5. The van der Waals surface area contributed by atoms with E-state index in [4.69, 9.17) is 21.1 Å². The van der Waals surface area contributed by atoms with Crippen LogP contribution in [0, 0.1) is 6.92 Å². The molecule has 0 spiro atoms. The number of aryl methyl sites for hydroxylation is 1. The number of carbonyl (C=O) groups is 1. The Kier molecular flexibility index (Phi) is 4.07. The molecule has 0 aromatic heterocycles. The van der Waals surface area contributed by atoms with Crippen LogP contribution < -0.4 is 9.47 Å². The minimum atomic E-state index is 0.428. The zero-order valence-electron chi connectivity index (χ0n) is 10.6. The molecule has 0 aliphatic carbocycles. The summed E-state index contributed by atoms with van der Waals surface area (Å²) in [5.41, 5.74) is 1.49. The molecule has 0 fully saturated rings. The normalized spacial score (nSPS) is 10.1. The van der Waals surface area contributed by atoms with E-state index in [0.717, 1.165) is 11.8 Å². The molecule has 4 heteroatoms. The first-order chi connectivity index (χ1) is 9.13. The van der Waals surface area contributed by atoms with Crippen LogP contribution in [0.25, 0.3) is 0 Å². The largest absolute Gasteiger partial charge is 0.497 e. The Morgan fingerprint density at radius 1 is 1.11 bits per heavy atom. The van der Waals surface area contributed by atoms with Crippen molar-refractivity contribution < 1.29 is 14.3 Å². The Bertz CT molecular complexity index is 608. The molecule has 0 radical (unpaired) electrons. The summed E-state index contributed by atoms with van der Waals surface area (Å²) in [5, 5.41) is 0.428. The van der Waals surface area contributed by atoms with E-state index in [1.807, 2.05) is 13.0 Å². The first-order valence-corrected chi connectivity index (χ1v) is 6.09. The number of hydrogen-bond acceptors (Lipinski definition) is 3. The summed E-state index contributed by atoms with van der Waals surface area (Å²) in [4.78, 5) is 11.0. The Morgan fingerprint density at radius 2 is 1.89 bits per heavy atom. The Hall–Kier alpha value is -2.00. The quantitative estimate of drug-likeness (QED) is 0.783. The Morgan fingerprint density at radius 3 is 2.53 bits per heavy atom. The van der Waals surface area contributed by atoms with E-state index in [1.165, 1.54) is 0 Å². The third-order valence-electron chi connectivity index (χ3n) is 2.65. The molecule has 19 heavy (non-hydrogen) atoms. The van der Waals surface area contributed by atoms with Crippen molar-refractivity contribution in [3.63, 3.8) is 0 Å². The first kappa shape index (κ1) is 13.4. The van der Waals surface area contributed by atoms with Crippen molar-refractivity contribution in [3.8, 4) is 17.2 Å². The van der Waals surface area contributed by atoms with Crippen LogP contribution in [0.5, 0.6) is 17.2 Å². The van der Waals surface area contributed by atoms with Gasteiger partial charge in [-0.25, -0.2) is 0 Å². The fraction of sp³-hybridized carbons (Fsp3) is 0.133. The molecule has 2 aromatic carbocycles. The van der Waals surface area contributed by atoms with Gasteiger partial charge in [-0.15, -0.1) is 0 Å². The van der Waals surface area contributed by atoms with Gasteiger partial charge in [0.1, 0.15) is 17.2 Å². The molecule has 2 aromatic rings. The van der Waals surface area contributed by atoms with Gasteiger partial charge in [0.2, 0.25) is 0 Å². The van der Waals surface area contributed by atoms with Gasteiger partial charge in [-0.05, 0) is 36.8 Å². The summed E-state index contributed by atoms with van der Waals surface area (Å²) in [7, 11) is 1.57. The fourth-order valence-corrected chi connectivity index (χ4v) is 1.85. The minimum absolute atomic E-state index is 0.428. The molecule has 0 saturated carbocycles. The summed E-state index contributed by atoms with van der Waals surface area (Å²) in [5.74, 6) is 1.62. The summed E-state index contributed by atoms with van der Waals surface area (Å²) < 4.78 is 10.8. The predicted octanol–water partition coefficient (Wildman–Crippen LogP) is 4.26. The van der Waals surface area contributed by atoms with Gasteiger partial charge < -0.3 is 9.47 Å². The molecular weight excluding hydrogens is 264 g/mol. The maximum atomic E-state index is 11.0. The van der Waals surface area contributed by atoms with E-state index in [0.29, 0.717) is 27.8 Å². The highest BCUT2D eigenvalue weighted by molar-refractivity contribution is 6.32. The van der Waals surface area contributed by atoms with E-state index in [2.05, 4.69) is 0 Å². The van der Waals surface area contributed by atoms with Crippen molar-refractivity contribution in [2.75, 3.05) is 7.11 Å². The van der Waals surface area contributed by atoms with Crippen molar-refractivity contribution in [1.29, 1.82) is 0 Å². The van der Waals surface area contributed by atoms with Gasteiger partial charge in [-0.3, -0.25) is 4.79 Å². The van der Waals surface area contributed by atoms with Gasteiger partial charge in [-0.2, -0.15) is 0 Å². The Balaban J connectivity index is 2.35. The van der Waals surface area contributed by atoms with Crippen LogP contribution in [0.3, 0.4) is 0 Å². The van der Waals surface area contributed by atoms with Crippen LogP contribution in [0.2, 0.25) is 5.02 Å². The van der Waals surface area contributed by atoms with Crippen LogP contribution in [-0.4, -0.2) is 13.4 Å². The van der Waals surface area contributed by atoms with E-state index in [9.17, 15) is 4.79 Å². The predicted molar refractivity (Wildman–Crippen MR) is 74.6 cm³/mol. The third kappa shape index (κ3) is 3.06. The molecule has 0 unspecified atom stereocenters. The summed E-state index contributed by atoms with van der Waals surface area (Å²) in [6, 6.07) is 10.5. The molecule has 0 N–H and O–H groups in total. The Labute approximate surface area is 116 Å². The van der Waals surface area contributed by atoms with Crippen LogP contribution >= 0.6 is 11.6 Å². The van der Waals surface area contributed by atoms with Gasteiger partial charge in [-0.1, -0.05) is 17.7 Å². The summed E-state index contributed by atoms with van der Waals surface area (Å²) in [6.45, 7) is 1.93. The molecule has 0 aliphatic rings. The summed E-state index contributed by atoms with van der Waals surface area (Å²) in [6.07, 6.45) is 0.756. The number of benzene rings is 2. The van der Waals surface area contributed by atoms with Crippen molar-refractivity contribution in [3.05, 3.63) is 52.5 Å². The second kappa shape index (κ2) is 5.76. The molecule has 3 nitrogen and oxygen atoms in total. The number of aldehydes is 1.